The minimum atomic E-state index is 0.944. The molecule has 1 aliphatic rings. The zero-order valence-electron chi connectivity index (χ0n) is 63.0. The standard InChI is InChI=1S/C5H8N2.3C5H7N.6C4H6N2.C3H5N3.11C2H6/c1-5-3-6-7(2)4-5;1-5-2-3-6-4-5;1-6-4-2-3-5-6;1-5-3-2-4-6-5;2*1-4-2-5-3-6-4;1-6-3-2-5-4-6;1-6-4-2-3-5-6;1-4-5-2-3-6-4;1-4-2-3-5-6-4;1-6-2-4-5-3-6;11*1-2/h3-4H,1-2H3;2-4,6H,1H3;2-5H,1H3;2-4,6H,1H3;2*2-3H,1H3,(H,5,6);2*2-4H,1H3;2-3H,1H3,(H,5,6);3H,2H2,1H3;2-3H,1H3;11*1-2H3. The predicted octanol–water partition coefficient (Wildman–Crippen LogP) is 19.3. The molecule has 10 aromatic rings. The third-order valence-corrected chi connectivity index (χ3v) is 7.50. The van der Waals surface area contributed by atoms with Gasteiger partial charge in [-0.05, 0) is 96.0 Å². The van der Waals surface area contributed by atoms with Crippen molar-refractivity contribution in [1.82, 2.24) is 88.3 Å². The van der Waals surface area contributed by atoms with Gasteiger partial charge in [-0.25, -0.2) is 19.9 Å². The summed E-state index contributed by atoms with van der Waals surface area (Å²) < 4.78 is 9.20. The lowest BCUT2D eigenvalue weighted by atomic mass is 10.3. The van der Waals surface area contributed by atoms with Crippen LogP contribution in [0.4, 0.5) is 0 Å². The molecule has 0 bridgehead atoms. The van der Waals surface area contributed by atoms with Crippen molar-refractivity contribution in [1.29, 1.82) is 0 Å². The smallest absolute Gasteiger partial charge is 0.119 e. The van der Waals surface area contributed by atoms with Gasteiger partial charge in [-0.2, -0.15) is 20.4 Å². The Hall–Kier alpha value is -8.42. The van der Waals surface area contributed by atoms with E-state index in [-0.39, 0.29) is 0 Å². The molecule has 11 rings (SSSR count). The Labute approximate surface area is 545 Å². The van der Waals surface area contributed by atoms with E-state index in [9.17, 15) is 0 Å². The summed E-state index contributed by atoms with van der Waals surface area (Å²) in [5.41, 5.74) is 7.03. The molecule has 512 valence electrons. The van der Waals surface area contributed by atoms with E-state index in [1.807, 2.05) is 330 Å². The monoisotopic (exact) mass is 1250 g/mol. The minimum Gasteiger partial charge on any atom is -0.367 e. The van der Waals surface area contributed by atoms with Crippen molar-refractivity contribution < 1.29 is 0 Å². The molecule has 0 radical (unpaired) electrons. The van der Waals surface area contributed by atoms with E-state index in [1.54, 1.807) is 89.0 Å². The van der Waals surface area contributed by atoms with Gasteiger partial charge >= 0.3 is 0 Å². The molecule has 1 aliphatic heterocycles. The number of nitrogens with zero attached hydrogens (tertiary/aromatic N) is 15. The van der Waals surface area contributed by atoms with Gasteiger partial charge in [0.2, 0.25) is 0 Å². The van der Waals surface area contributed by atoms with Gasteiger partial charge in [-0.15, -0.1) is 10.2 Å². The molecule has 0 fully saturated rings. The van der Waals surface area contributed by atoms with E-state index in [0.717, 1.165) is 29.3 Å². The Morgan fingerprint density at radius 2 is 0.921 bits per heavy atom. The fourth-order valence-electron chi connectivity index (χ4n) is 4.06. The Bertz CT molecular complexity index is 2000. The Morgan fingerprint density at radius 1 is 0.404 bits per heavy atom. The first-order valence-corrected chi connectivity index (χ1v) is 32.0. The van der Waals surface area contributed by atoms with Gasteiger partial charge in [0.15, 0.2) is 0 Å². The first kappa shape index (κ1) is 105. The summed E-state index contributed by atoms with van der Waals surface area (Å²) >= 11 is 0. The highest BCUT2D eigenvalue weighted by Gasteiger charge is 1.90. The summed E-state index contributed by atoms with van der Waals surface area (Å²) in [5, 5.41) is 22.2. The zero-order chi connectivity index (χ0) is 71.3. The molecule has 0 saturated carbocycles. The van der Waals surface area contributed by atoms with Crippen LogP contribution >= 0.6 is 0 Å². The summed E-state index contributed by atoms with van der Waals surface area (Å²) in [6.07, 6.45) is 39.1. The SMILES string of the molecule is CC.CC.CC.CC.CC.CC.CC.CC.CC.CC.CC.CC1=NN=CC1.Cc1cc[nH]c1.Cc1ccc[nH]1.Cc1cnc[nH]1.Cc1cnc[nH]1.Cc1cnn(C)c1.Cc1ncc[nH]1.Cn1cccc1.Cn1cccn1.Cn1ccnc1.Cn1cnnc1. The van der Waals surface area contributed by atoms with Gasteiger partial charge < -0.3 is 38.6 Å². The second-order valence-electron chi connectivity index (χ2n) is 14.3. The van der Waals surface area contributed by atoms with Crippen molar-refractivity contribution >= 4 is 11.9 Å². The molecule has 0 saturated heterocycles. The highest BCUT2D eigenvalue weighted by molar-refractivity contribution is 5.96. The van der Waals surface area contributed by atoms with Crippen molar-refractivity contribution in [2.24, 2.45) is 45.4 Å². The number of H-pyrrole nitrogens is 5. The number of aromatic amines is 5. The van der Waals surface area contributed by atoms with Crippen molar-refractivity contribution in [3.8, 4) is 0 Å². The summed E-state index contributed by atoms with van der Waals surface area (Å²) in [7, 11) is 9.61. The summed E-state index contributed by atoms with van der Waals surface area (Å²) in [4.78, 5) is 29.8. The number of nitrogens with one attached hydrogen (secondary N) is 5. The number of hydrogen-bond donors (Lipinski definition) is 5. The van der Waals surface area contributed by atoms with E-state index in [2.05, 4.69) is 82.4 Å². The maximum atomic E-state index is 3.93. The fraction of sp³-hybridized carbons (Fsp3) is 0.507. The van der Waals surface area contributed by atoms with Gasteiger partial charge in [0.25, 0.3) is 0 Å². The third-order valence-electron chi connectivity index (χ3n) is 7.50. The minimum absolute atomic E-state index is 0.944. The lowest BCUT2D eigenvalue weighted by molar-refractivity contribution is 0.767. The molecule has 5 N–H and O–H groups in total. The number of aryl methyl sites for hydroxylation is 11. The van der Waals surface area contributed by atoms with E-state index in [1.165, 1.54) is 16.8 Å². The summed E-state index contributed by atoms with van der Waals surface area (Å²) in [6.45, 7) is 57.9. The van der Waals surface area contributed by atoms with Crippen LogP contribution in [0.5, 0.6) is 0 Å². The van der Waals surface area contributed by atoms with Crippen LogP contribution in [-0.4, -0.2) is 100 Å². The molecule has 0 unspecified atom stereocenters. The Morgan fingerprint density at radius 3 is 1.03 bits per heavy atom. The molecule has 20 nitrogen and oxygen atoms in total. The van der Waals surface area contributed by atoms with Crippen LogP contribution in [0, 0.1) is 41.5 Å². The first-order valence-electron chi connectivity index (χ1n) is 32.0. The molecular formula is C69H136N20. The molecule has 20 heteroatoms. The molecule has 0 aliphatic carbocycles. The number of rotatable bonds is 0. The molecular weight excluding hydrogens is 1110 g/mol. The van der Waals surface area contributed by atoms with Crippen molar-refractivity contribution in [3.63, 3.8) is 0 Å². The zero-order valence-corrected chi connectivity index (χ0v) is 63.0. The van der Waals surface area contributed by atoms with Gasteiger partial charge in [0.1, 0.15) is 18.5 Å². The van der Waals surface area contributed by atoms with Crippen LogP contribution in [0.2, 0.25) is 0 Å². The Balaban J connectivity index is -0.0000000810. The quantitative estimate of drug-likeness (QED) is 0.0978. The lowest BCUT2D eigenvalue weighted by Crippen LogP contribution is -1.83. The number of imidazole rings is 4. The van der Waals surface area contributed by atoms with Crippen LogP contribution in [0.1, 0.15) is 200 Å². The average molecular weight is 1250 g/mol. The molecule has 0 aromatic carbocycles. The van der Waals surface area contributed by atoms with Gasteiger partial charge in [-0.3, -0.25) is 9.36 Å². The molecule has 11 heterocycles. The van der Waals surface area contributed by atoms with Gasteiger partial charge in [0, 0.05) is 157 Å². The van der Waals surface area contributed by atoms with Crippen LogP contribution in [-0.2, 0) is 35.2 Å². The van der Waals surface area contributed by atoms with E-state index in [4.69, 9.17) is 0 Å². The summed E-state index contributed by atoms with van der Waals surface area (Å²) in [5.74, 6) is 0.968. The molecule has 0 amide bonds. The number of hydrogen-bond acceptors (Lipinski definition) is 10. The van der Waals surface area contributed by atoms with E-state index >= 15 is 0 Å². The van der Waals surface area contributed by atoms with Crippen molar-refractivity contribution in [3.05, 3.63) is 195 Å². The van der Waals surface area contributed by atoms with Crippen molar-refractivity contribution in [2.75, 3.05) is 0 Å². The van der Waals surface area contributed by atoms with E-state index < -0.39 is 0 Å². The molecule has 0 spiro atoms. The maximum absolute atomic E-state index is 3.93. The third kappa shape index (κ3) is 96.1. The predicted molar refractivity (Wildman–Crippen MR) is 393 cm³/mol. The Kier molecular flexibility index (Phi) is 117. The second-order valence-corrected chi connectivity index (χ2v) is 14.3. The topological polar surface area (TPSA) is 231 Å². The van der Waals surface area contributed by atoms with Crippen LogP contribution in [0.15, 0.2) is 171 Å². The van der Waals surface area contributed by atoms with Gasteiger partial charge in [0.05, 0.1) is 25.2 Å². The number of aromatic nitrogens is 18. The van der Waals surface area contributed by atoms with Crippen LogP contribution < -0.4 is 0 Å². The van der Waals surface area contributed by atoms with Crippen molar-refractivity contribution in [2.45, 2.75) is 207 Å². The molecule has 89 heavy (non-hydrogen) atoms. The fourth-order valence-corrected chi connectivity index (χ4v) is 4.06. The average Bonchev–Trinajstić information content (AvgIpc) is 4.44. The summed E-state index contributed by atoms with van der Waals surface area (Å²) in [6, 6.07) is 11.9. The molecule has 10 aromatic heterocycles. The highest BCUT2D eigenvalue weighted by atomic mass is 15.2. The largest absolute Gasteiger partial charge is 0.367 e. The van der Waals surface area contributed by atoms with Gasteiger partial charge in [-0.1, -0.05) is 152 Å². The maximum Gasteiger partial charge on any atom is 0.119 e. The highest BCUT2D eigenvalue weighted by Crippen LogP contribution is 1.91. The second kappa shape index (κ2) is 98.6. The lowest BCUT2D eigenvalue weighted by Gasteiger charge is -1.79. The first-order chi connectivity index (χ1) is 43.2. The molecule has 0 atom stereocenters. The van der Waals surface area contributed by atoms with Crippen LogP contribution in [0.25, 0.3) is 0 Å². The van der Waals surface area contributed by atoms with Crippen LogP contribution in [0.3, 0.4) is 0 Å². The normalized spacial score (nSPS) is 8.09. The van der Waals surface area contributed by atoms with E-state index in [0.29, 0.717) is 0 Å².